The molecule has 1 N–H and O–H groups in total. The van der Waals surface area contributed by atoms with E-state index in [1.807, 2.05) is 42.5 Å². The first-order valence-corrected chi connectivity index (χ1v) is 10.8. The van der Waals surface area contributed by atoms with Crippen molar-refractivity contribution in [1.29, 1.82) is 0 Å². The number of imidazole rings is 1. The maximum Gasteiger partial charge on any atom is 0.269 e. The molecule has 0 amide bonds. The Morgan fingerprint density at radius 3 is 1.91 bits per heavy atom. The molecule has 35 heavy (non-hydrogen) atoms. The topological polar surface area (TPSA) is 88.9 Å². The summed E-state index contributed by atoms with van der Waals surface area (Å²) in [4.78, 5) is 31.5. The maximum atomic E-state index is 13.2. The van der Waals surface area contributed by atoms with Crippen LogP contribution in [0.4, 0.5) is 10.1 Å². The summed E-state index contributed by atoms with van der Waals surface area (Å²) in [6.07, 6.45) is 0. The largest absolute Gasteiger partial charge is 0.337 e. The van der Waals surface area contributed by atoms with E-state index >= 15 is 0 Å². The molecular formula is C28H18FN3O3. The van der Waals surface area contributed by atoms with Crippen molar-refractivity contribution in [2.75, 3.05) is 0 Å². The minimum atomic E-state index is -0.443. The number of halogens is 1. The molecule has 7 heteroatoms. The van der Waals surface area contributed by atoms with Gasteiger partial charge in [0.15, 0.2) is 5.78 Å². The average Bonchev–Trinajstić information content (AvgIpc) is 3.35. The molecular weight excluding hydrogens is 445 g/mol. The normalized spacial score (nSPS) is 10.8. The third kappa shape index (κ3) is 4.47. The van der Waals surface area contributed by atoms with Gasteiger partial charge < -0.3 is 4.98 Å². The molecule has 5 aromatic rings. The lowest BCUT2D eigenvalue weighted by Crippen LogP contribution is -2.01. The highest BCUT2D eigenvalue weighted by atomic mass is 19.1. The number of nitrogens with zero attached hydrogens (tertiary/aromatic N) is 2. The van der Waals surface area contributed by atoms with Crippen LogP contribution in [0.2, 0.25) is 0 Å². The van der Waals surface area contributed by atoms with Crippen molar-refractivity contribution in [3.05, 3.63) is 130 Å². The van der Waals surface area contributed by atoms with Gasteiger partial charge in [0.05, 0.1) is 16.3 Å². The van der Waals surface area contributed by atoms with Crippen LogP contribution in [-0.4, -0.2) is 20.7 Å². The van der Waals surface area contributed by atoms with Gasteiger partial charge in [-0.15, -0.1) is 0 Å². The lowest BCUT2D eigenvalue weighted by atomic mass is 10.00. The molecule has 4 aromatic carbocycles. The number of nitro groups is 1. The SMILES string of the molecule is O=C(c1ccc(F)cc1)c1ccc(-c2[nH]c(-c3ccc([N+](=O)[O-])cc3)nc2-c2ccccc2)cc1. The molecule has 0 unspecified atom stereocenters. The Morgan fingerprint density at radius 2 is 1.31 bits per heavy atom. The Bertz CT molecular complexity index is 1510. The van der Waals surface area contributed by atoms with E-state index < -0.39 is 10.7 Å². The van der Waals surface area contributed by atoms with Gasteiger partial charge in [-0.3, -0.25) is 14.9 Å². The maximum absolute atomic E-state index is 13.2. The number of nitro benzene ring substituents is 1. The van der Waals surface area contributed by atoms with Gasteiger partial charge in [0.1, 0.15) is 11.6 Å². The first-order chi connectivity index (χ1) is 17.0. The van der Waals surface area contributed by atoms with Crippen molar-refractivity contribution in [3.63, 3.8) is 0 Å². The zero-order valence-electron chi connectivity index (χ0n) is 18.3. The van der Waals surface area contributed by atoms with Crippen LogP contribution in [0.25, 0.3) is 33.9 Å². The lowest BCUT2D eigenvalue weighted by Gasteiger charge is -2.06. The van der Waals surface area contributed by atoms with Gasteiger partial charge >= 0.3 is 0 Å². The number of rotatable bonds is 6. The highest BCUT2D eigenvalue weighted by Crippen LogP contribution is 2.33. The summed E-state index contributed by atoms with van der Waals surface area (Å²) in [5.74, 6) is -0.0235. The van der Waals surface area contributed by atoms with E-state index in [-0.39, 0.29) is 11.5 Å². The van der Waals surface area contributed by atoms with E-state index in [4.69, 9.17) is 4.98 Å². The highest BCUT2D eigenvalue weighted by Gasteiger charge is 2.17. The molecule has 0 aliphatic rings. The molecule has 0 aliphatic carbocycles. The van der Waals surface area contributed by atoms with Gasteiger partial charge in [0.25, 0.3) is 5.69 Å². The van der Waals surface area contributed by atoms with E-state index in [9.17, 15) is 19.3 Å². The van der Waals surface area contributed by atoms with Gasteiger partial charge in [0, 0.05) is 39.9 Å². The second-order valence-electron chi connectivity index (χ2n) is 7.89. The molecule has 0 aliphatic heterocycles. The summed E-state index contributed by atoms with van der Waals surface area (Å²) < 4.78 is 13.2. The quantitative estimate of drug-likeness (QED) is 0.173. The van der Waals surface area contributed by atoms with E-state index in [0.717, 1.165) is 22.5 Å². The molecule has 0 saturated carbocycles. The Kier molecular flexibility index (Phi) is 5.73. The molecule has 1 aromatic heterocycles. The number of aromatic nitrogens is 2. The fourth-order valence-electron chi connectivity index (χ4n) is 3.82. The second kappa shape index (κ2) is 9.15. The summed E-state index contributed by atoms with van der Waals surface area (Å²) in [6.45, 7) is 0. The fourth-order valence-corrected chi connectivity index (χ4v) is 3.82. The van der Waals surface area contributed by atoms with Crippen molar-refractivity contribution >= 4 is 11.5 Å². The van der Waals surface area contributed by atoms with Crippen molar-refractivity contribution in [1.82, 2.24) is 9.97 Å². The number of ketones is 1. The minimum Gasteiger partial charge on any atom is -0.337 e. The Labute approximate surface area is 199 Å². The predicted octanol–water partition coefficient (Wildman–Crippen LogP) is 6.69. The van der Waals surface area contributed by atoms with Crippen LogP contribution in [-0.2, 0) is 0 Å². The van der Waals surface area contributed by atoms with Crippen LogP contribution in [0, 0.1) is 15.9 Å². The smallest absolute Gasteiger partial charge is 0.269 e. The molecule has 0 atom stereocenters. The first-order valence-electron chi connectivity index (χ1n) is 10.8. The van der Waals surface area contributed by atoms with Crippen LogP contribution in [0.1, 0.15) is 15.9 Å². The highest BCUT2D eigenvalue weighted by molar-refractivity contribution is 6.09. The Balaban J connectivity index is 1.53. The van der Waals surface area contributed by atoms with E-state index in [1.165, 1.54) is 36.4 Å². The molecule has 0 bridgehead atoms. The molecule has 1 heterocycles. The summed E-state index contributed by atoms with van der Waals surface area (Å²) in [7, 11) is 0. The molecule has 0 spiro atoms. The molecule has 170 valence electrons. The van der Waals surface area contributed by atoms with E-state index in [2.05, 4.69) is 4.98 Å². The molecule has 0 fully saturated rings. The molecule has 5 rings (SSSR count). The van der Waals surface area contributed by atoms with Crippen molar-refractivity contribution in [2.24, 2.45) is 0 Å². The number of hydrogen-bond acceptors (Lipinski definition) is 4. The third-order valence-electron chi connectivity index (χ3n) is 5.64. The molecule has 0 saturated heterocycles. The number of carbonyl (C=O) groups is 1. The number of aromatic amines is 1. The average molecular weight is 463 g/mol. The van der Waals surface area contributed by atoms with Gasteiger partial charge in [-0.1, -0.05) is 54.6 Å². The van der Waals surface area contributed by atoms with Crippen LogP contribution in [0.5, 0.6) is 0 Å². The minimum absolute atomic E-state index is 0.00484. The predicted molar refractivity (Wildman–Crippen MR) is 131 cm³/mol. The van der Waals surface area contributed by atoms with Crippen molar-refractivity contribution in [2.45, 2.75) is 0 Å². The number of hydrogen-bond donors (Lipinski definition) is 1. The van der Waals surface area contributed by atoms with Gasteiger partial charge in [-0.05, 0) is 36.4 Å². The van der Waals surface area contributed by atoms with E-state index in [0.29, 0.717) is 22.5 Å². The zero-order chi connectivity index (χ0) is 24.4. The molecule has 0 radical (unpaired) electrons. The summed E-state index contributed by atoms with van der Waals surface area (Å²) in [5, 5.41) is 11.0. The standard InChI is InChI=1S/C28H18FN3O3/c29-23-14-10-21(11-15-23)27(33)20-8-6-19(7-9-20)26-25(18-4-2-1-3-5-18)30-28(31-26)22-12-16-24(17-13-22)32(34)35/h1-17H,(H,30,31). The second-order valence-corrected chi connectivity index (χ2v) is 7.89. The van der Waals surface area contributed by atoms with Crippen molar-refractivity contribution < 1.29 is 14.1 Å². The first kappa shape index (κ1) is 21.9. The van der Waals surface area contributed by atoms with Crippen LogP contribution in [0.15, 0.2) is 103 Å². The number of benzene rings is 4. The van der Waals surface area contributed by atoms with Gasteiger partial charge in [-0.25, -0.2) is 9.37 Å². The zero-order valence-corrected chi connectivity index (χ0v) is 18.3. The monoisotopic (exact) mass is 463 g/mol. The van der Waals surface area contributed by atoms with E-state index in [1.54, 1.807) is 24.3 Å². The van der Waals surface area contributed by atoms with Gasteiger partial charge in [-0.2, -0.15) is 0 Å². The Hall–Kier alpha value is -4.91. The van der Waals surface area contributed by atoms with Gasteiger partial charge in [0.2, 0.25) is 0 Å². The fraction of sp³-hybridized carbons (Fsp3) is 0. The number of carbonyl (C=O) groups excluding carboxylic acids is 1. The number of nitrogens with one attached hydrogen (secondary N) is 1. The van der Waals surface area contributed by atoms with Crippen molar-refractivity contribution in [3.8, 4) is 33.9 Å². The van der Waals surface area contributed by atoms with Crippen LogP contribution >= 0.6 is 0 Å². The van der Waals surface area contributed by atoms with Crippen LogP contribution < -0.4 is 0 Å². The summed E-state index contributed by atoms with van der Waals surface area (Å²) in [5.41, 5.74) is 4.80. The summed E-state index contributed by atoms with van der Waals surface area (Å²) in [6, 6.07) is 28.4. The number of H-pyrrole nitrogens is 1. The number of non-ortho nitro benzene ring substituents is 1. The third-order valence-corrected chi connectivity index (χ3v) is 5.64. The Morgan fingerprint density at radius 1 is 0.743 bits per heavy atom. The summed E-state index contributed by atoms with van der Waals surface area (Å²) >= 11 is 0. The van der Waals surface area contributed by atoms with Crippen LogP contribution in [0.3, 0.4) is 0 Å². The lowest BCUT2D eigenvalue weighted by molar-refractivity contribution is -0.384. The molecule has 6 nitrogen and oxygen atoms in total.